The van der Waals surface area contributed by atoms with Crippen LogP contribution in [-0.4, -0.2) is 54.8 Å². The second kappa shape index (κ2) is 9.14. The molecule has 1 aromatic heterocycles. The van der Waals surface area contributed by atoms with Gasteiger partial charge in [0.05, 0.1) is 23.8 Å². The van der Waals surface area contributed by atoms with E-state index in [0.29, 0.717) is 16.5 Å². The van der Waals surface area contributed by atoms with Gasteiger partial charge >= 0.3 is 11.9 Å². The van der Waals surface area contributed by atoms with Crippen LogP contribution in [0.2, 0.25) is 0 Å². The minimum absolute atomic E-state index is 0.222. The van der Waals surface area contributed by atoms with E-state index in [1.165, 1.54) is 30.6 Å². The van der Waals surface area contributed by atoms with E-state index in [-0.39, 0.29) is 11.1 Å². The predicted molar refractivity (Wildman–Crippen MR) is 118 cm³/mol. The third kappa shape index (κ3) is 4.38. The van der Waals surface area contributed by atoms with Gasteiger partial charge in [0.25, 0.3) is 17.7 Å². The van der Waals surface area contributed by atoms with E-state index < -0.39 is 42.8 Å². The molecule has 2 aliphatic rings. The van der Waals surface area contributed by atoms with E-state index >= 15 is 0 Å². The lowest BCUT2D eigenvalue weighted by Gasteiger charge is -2.18. The number of amides is 3. The Hall–Kier alpha value is -3.53. The Kier molecular flexibility index (Phi) is 6.28. The van der Waals surface area contributed by atoms with Crippen molar-refractivity contribution in [3.8, 4) is 0 Å². The maximum Gasteiger partial charge on any atom is 0.341 e. The number of methoxy groups -OCH3 is 1. The molecule has 1 N–H and O–H groups in total. The van der Waals surface area contributed by atoms with Crippen molar-refractivity contribution in [2.24, 2.45) is 5.92 Å². The normalized spacial score (nSPS) is 16.8. The molecule has 4 rings (SSSR count). The van der Waals surface area contributed by atoms with Crippen molar-refractivity contribution in [2.45, 2.75) is 26.2 Å². The van der Waals surface area contributed by atoms with Crippen LogP contribution in [0.3, 0.4) is 0 Å². The summed E-state index contributed by atoms with van der Waals surface area (Å²) in [6.45, 7) is 0.909. The fourth-order valence-electron chi connectivity index (χ4n) is 4.02. The Morgan fingerprint density at radius 2 is 1.82 bits per heavy atom. The number of nitrogens with one attached hydrogen (secondary N) is 1. The minimum Gasteiger partial charge on any atom is -0.465 e. The molecular weight excluding hydrogens is 448 g/mol. The standard InChI is InChI=1S/C23H22N2O7S/c1-12-7-8-15-16(9-12)33-20(19(15)23(30)31-2)24-17(26)11-32-18(27)10-25-21(28)13-5-3-4-6-14(13)22(25)29/h3-6,12H,7-11H2,1-2H3,(H,24,26)/t12-/m1/s1. The van der Waals surface area contributed by atoms with Gasteiger partial charge < -0.3 is 14.8 Å². The molecule has 0 unspecified atom stereocenters. The largest absolute Gasteiger partial charge is 0.465 e. The number of fused-ring (bicyclic) bond motifs is 2. The third-order valence-electron chi connectivity index (χ3n) is 5.68. The Labute approximate surface area is 193 Å². The van der Waals surface area contributed by atoms with Crippen molar-refractivity contribution in [1.82, 2.24) is 4.90 Å². The van der Waals surface area contributed by atoms with Crippen LogP contribution in [0, 0.1) is 5.92 Å². The number of anilines is 1. The summed E-state index contributed by atoms with van der Waals surface area (Å²) in [6, 6.07) is 6.27. The number of nitrogens with zero attached hydrogens (tertiary/aromatic N) is 1. The third-order valence-corrected chi connectivity index (χ3v) is 6.85. The lowest BCUT2D eigenvalue weighted by atomic mass is 9.88. The molecule has 172 valence electrons. The van der Waals surface area contributed by atoms with Crippen molar-refractivity contribution in [3.05, 3.63) is 51.4 Å². The van der Waals surface area contributed by atoms with Gasteiger partial charge in [-0.05, 0) is 42.9 Å². The van der Waals surface area contributed by atoms with Gasteiger partial charge in [0.1, 0.15) is 11.5 Å². The van der Waals surface area contributed by atoms with Crippen LogP contribution in [0.5, 0.6) is 0 Å². The van der Waals surface area contributed by atoms with Crippen molar-refractivity contribution < 1.29 is 33.4 Å². The summed E-state index contributed by atoms with van der Waals surface area (Å²) in [5.74, 6) is -2.75. The van der Waals surface area contributed by atoms with Gasteiger partial charge in [-0.1, -0.05) is 19.1 Å². The molecule has 0 radical (unpaired) electrons. The topological polar surface area (TPSA) is 119 Å². The average molecular weight is 471 g/mol. The highest BCUT2D eigenvalue weighted by Gasteiger charge is 2.36. The molecule has 3 amide bonds. The fourth-order valence-corrected chi connectivity index (χ4v) is 5.44. The molecule has 0 fully saturated rings. The summed E-state index contributed by atoms with van der Waals surface area (Å²) < 4.78 is 9.86. The van der Waals surface area contributed by atoms with Crippen LogP contribution >= 0.6 is 11.3 Å². The van der Waals surface area contributed by atoms with Crippen LogP contribution in [0.15, 0.2) is 24.3 Å². The zero-order valence-electron chi connectivity index (χ0n) is 18.1. The second-order valence-corrected chi connectivity index (χ2v) is 9.10. The number of carbonyl (C=O) groups is 5. The molecule has 2 aromatic rings. The number of carbonyl (C=O) groups excluding carboxylic acids is 5. The lowest BCUT2D eigenvalue weighted by Crippen LogP contribution is -2.36. The molecule has 1 aliphatic carbocycles. The van der Waals surface area contributed by atoms with E-state index in [0.717, 1.165) is 34.6 Å². The van der Waals surface area contributed by atoms with E-state index in [1.807, 2.05) is 0 Å². The van der Waals surface area contributed by atoms with Crippen LogP contribution in [0.4, 0.5) is 5.00 Å². The van der Waals surface area contributed by atoms with Gasteiger partial charge in [0, 0.05) is 4.88 Å². The summed E-state index contributed by atoms with van der Waals surface area (Å²) in [7, 11) is 1.28. The highest BCUT2D eigenvalue weighted by molar-refractivity contribution is 7.17. The Morgan fingerprint density at radius 3 is 2.45 bits per heavy atom. The Morgan fingerprint density at radius 1 is 1.15 bits per heavy atom. The highest BCUT2D eigenvalue weighted by Crippen LogP contribution is 2.40. The number of ether oxygens (including phenoxy) is 2. The monoisotopic (exact) mass is 470 g/mol. The maximum absolute atomic E-state index is 12.4. The lowest BCUT2D eigenvalue weighted by molar-refractivity contribution is -0.147. The molecule has 0 bridgehead atoms. The van der Waals surface area contributed by atoms with E-state index in [9.17, 15) is 24.0 Å². The zero-order valence-corrected chi connectivity index (χ0v) is 19.0. The number of hydrogen-bond acceptors (Lipinski definition) is 8. The van der Waals surface area contributed by atoms with Crippen molar-refractivity contribution in [1.29, 1.82) is 0 Å². The van der Waals surface area contributed by atoms with Crippen LogP contribution in [-0.2, 0) is 31.9 Å². The van der Waals surface area contributed by atoms with Gasteiger partial charge in [0.15, 0.2) is 6.61 Å². The Balaban J connectivity index is 1.37. The van der Waals surface area contributed by atoms with Crippen LogP contribution in [0.1, 0.15) is 54.9 Å². The van der Waals surface area contributed by atoms with Gasteiger partial charge in [-0.25, -0.2) is 4.79 Å². The molecule has 0 saturated carbocycles. The molecule has 33 heavy (non-hydrogen) atoms. The highest BCUT2D eigenvalue weighted by atomic mass is 32.1. The SMILES string of the molecule is COC(=O)c1c(NC(=O)COC(=O)CN2C(=O)c3ccccc3C2=O)sc2c1CC[C@@H](C)C2. The molecule has 9 nitrogen and oxygen atoms in total. The van der Waals surface area contributed by atoms with Crippen molar-refractivity contribution in [2.75, 3.05) is 25.6 Å². The summed E-state index contributed by atoms with van der Waals surface area (Å²) in [4.78, 5) is 63.5. The summed E-state index contributed by atoms with van der Waals surface area (Å²) in [5, 5.41) is 3.00. The molecule has 1 aliphatic heterocycles. The van der Waals surface area contributed by atoms with Crippen LogP contribution in [0.25, 0.3) is 0 Å². The number of rotatable bonds is 6. The molecule has 1 aromatic carbocycles. The molecule has 0 saturated heterocycles. The number of esters is 2. The predicted octanol–water partition coefficient (Wildman–Crippen LogP) is 2.44. The van der Waals surface area contributed by atoms with Gasteiger partial charge in [-0.2, -0.15) is 0 Å². The quantitative estimate of drug-likeness (QED) is 0.509. The smallest absolute Gasteiger partial charge is 0.341 e. The fraction of sp³-hybridized carbons (Fsp3) is 0.348. The zero-order chi connectivity index (χ0) is 23.7. The van der Waals surface area contributed by atoms with Crippen molar-refractivity contribution >= 4 is 46.0 Å². The van der Waals surface area contributed by atoms with E-state index in [1.54, 1.807) is 12.1 Å². The number of benzene rings is 1. The number of imide groups is 1. The molecule has 2 heterocycles. The first kappa shape index (κ1) is 22.7. The molecule has 0 spiro atoms. The maximum atomic E-state index is 12.4. The summed E-state index contributed by atoms with van der Waals surface area (Å²) >= 11 is 1.32. The van der Waals surface area contributed by atoms with E-state index in [4.69, 9.17) is 9.47 Å². The first-order chi connectivity index (χ1) is 15.8. The van der Waals surface area contributed by atoms with Gasteiger partial charge in [-0.3, -0.25) is 24.1 Å². The first-order valence-electron chi connectivity index (χ1n) is 10.4. The average Bonchev–Trinajstić information content (AvgIpc) is 3.27. The number of hydrogen-bond donors (Lipinski definition) is 1. The van der Waals surface area contributed by atoms with Crippen LogP contribution < -0.4 is 5.32 Å². The first-order valence-corrected chi connectivity index (χ1v) is 11.2. The Bertz CT molecular complexity index is 1130. The summed E-state index contributed by atoms with van der Waals surface area (Å²) in [5.41, 5.74) is 1.68. The molecule has 1 atom stereocenters. The minimum atomic E-state index is -0.896. The van der Waals surface area contributed by atoms with Gasteiger partial charge in [0.2, 0.25) is 0 Å². The second-order valence-electron chi connectivity index (χ2n) is 8.00. The number of thiophene rings is 1. The molecule has 10 heteroatoms. The molecular formula is C23H22N2O7S. The van der Waals surface area contributed by atoms with E-state index in [2.05, 4.69) is 12.2 Å². The summed E-state index contributed by atoms with van der Waals surface area (Å²) in [6.07, 6.45) is 2.48. The van der Waals surface area contributed by atoms with Crippen molar-refractivity contribution in [3.63, 3.8) is 0 Å². The van der Waals surface area contributed by atoms with Gasteiger partial charge in [-0.15, -0.1) is 11.3 Å².